The van der Waals surface area contributed by atoms with Crippen LogP contribution in [0.2, 0.25) is 0 Å². The van der Waals surface area contributed by atoms with Gasteiger partial charge >= 0.3 is 5.97 Å². The number of hydrogen-bond acceptors (Lipinski definition) is 4. The van der Waals surface area contributed by atoms with Gasteiger partial charge in [0.2, 0.25) is 5.91 Å². The van der Waals surface area contributed by atoms with Crippen LogP contribution in [-0.2, 0) is 22.4 Å². The van der Waals surface area contributed by atoms with Crippen molar-refractivity contribution in [2.24, 2.45) is 0 Å². The molecule has 1 atom stereocenters. The average Bonchev–Trinajstić information content (AvgIpc) is 3.17. The summed E-state index contributed by atoms with van der Waals surface area (Å²) < 4.78 is 20.6. The van der Waals surface area contributed by atoms with Crippen molar-refractivity contribution in [3.8, 4) is 0 Å². The van der Waals surface area contributed by atoms with E-state index in [2.05, 4.69) is 5.32 Å². The molecular weight excluding hydrogens is 270 g/mol. The molecule has 1 unspecified atom stereocenters. The Balaban J connectivity index is 2.00. The summed E-state index contributed by atoms with van der Waals surface area (Å²) in [7, 11) is 0. The molecule has 1 saturated carbocycles. The minimum atomic E-state index is -2.42. The fraction of sp³-hybridized carbons (Fsp3) is 0.333. The zero-order valence-corrected chi connectivity index (χ0v) is 10.7. The molecule has 1 fully saturated rings. The molecule has 0 saturated heterocycles. The molecular formula is C12H12NO5S-. The lowest BCUT2D eigenvalue weighted by Crippen LogP contribution is -2.38. The summed E-state index contributed by atoms with van der Waals surface area (Å²) in [4.78, 5) is 22.5. The maximum absolute atomic E-state index is 11.7. The van der Waals surface area contributed by atoms with E-state index in [0.717, 1.165) is 0 Å². The number of aromatic carboxylic acids is 1. The van der Waals surface area contributed by atoms with Gasteiger partial charge in [0, 0.05) is 6.54 Å². The molecule has 2 N–H and O–H groups in total. The van der Waals surface area contributed by atoms with Crippen LogP contribution in [0.5, 0.6) is 0 Å². The lowest BCUT2D eigenvalue weighted by atomic mass is 10.1. The van der Waals surface area contributed by atoms with Gasteiger partial charge in [-0.15, -0.1) is 0 Å². The fourth-order valence-corrected chi connectivity index (χ4v) is 2.40. The van der Waals surface area contributed by atoms with Gasteiger partial charge in [-0.1, -0.05) is 12.1 Å². The van der Waals surface area contributed by atoms with Crippen molar-refractivity contribution in [1.82, 2.24) is 5.32 Å². The van der Waals surface area contributed by atoms with Gasteiger partial charge in [-0.25, -0.2) is 4.79 Å². The summed E-state index contributed by atoms with van der Waals surface area (Å²) in [5.41, 5.74) is 0.737. The van der Waals surface area contributed by atoms with Crippen molar-refractivity contribution in [1.29, 1.82) is 0 Å². The van der Waals surface area contributed by atoms with Crippen LogP contribution in [0.3, 0.4) is 0 Å². The summed E-state index contributed by atoms with van der Waals surface area (Å²) >= 11 is -2.42. The van der Waals surface area contributed by atoms with Crippen LogP contribution in [0.4, 0.5) is 0 Å². The molecule has 1 aromatic rings. The van der Waals surface area contributed by atoms with Gasteiger partial charge < -0.3 is 15.0 Å². The van der Waals surface area contributed by atoms with E-state index in [0.29, 0.717) is 18.4 Å². The number of benzene rings is 1. The molecule has 1 aliphatic carbocycles. The van der Waals surface area contributed by atoms with Gasteiger partial charge in [0.25, 0.3) is 0 Å². The number of carbonyl (C=O) groups excluding carboxylic acids is 1. The molecule has 1 aromatic carbocycles. The Morgan fingerprint density at radius 1 is 1.42 bits per heavy atom. The second-order valence-electron chi connectivity index (χ2n) is 4.42. The topological polar surface area (TPSA) is 107 Å². The minimum Gasteiger partial charge on any atom is -0.772 e. The highest BCUT2D eigenvalue weighted by Crippen LogP contribution is 2.41. The smallest absolute Gasteiger partial charge is 0.335 e. The third-order valence-corrected chi connectivity index (χ3v) is 4.30. The lowest BCUT2D eigenvalue weighted by Gasteiger charge is -2.17. The molecule has 0 aliphatic heterocycles. The standard InChI is InChI=1S/C12H13NO5S/c14-10(15)9-3-1-2-8(6-9)7-13-11(16)12(4-5-12)19(17)18/h1-3,6H,4-5,7H2,(H,13,16)(H,14,15)(H,17,18)/p-1. The molecule has 102 valence electrons. The molecule has 2 rings (SSSR count). The van der Waals surface area contributed by atoms with Gasteiger partial charge in [-0.2, -0.15) is 0 Å². The highest BCUT2D eigenvalue weighted by molar-refractivity contribution is 7.82. The van der Waals surface area contributed by atoms with Crippen LogP contribution < -0.4 is 5.32 Å². The van der Waals surface area contributed by atoms with Crippen LogP contribution in [0.1, 0.15) is 28.8 Å². The first-order valence-electron chi connectivity index (χ1n) is 5.65. The first-order chi connectivity index (χ1) is 8.95. The van der Waals surface area contributed by atoms with E-state index in [-0.39, 0.29) is 12.1 Å². The lowest BCUT2D eigenvalue weighted by molar-refractivity contribution is -0.121. The number of amides is 1. The normalized spacial score (nSPS) is 17.5. The van der Waals surface area contributed by atoms with Gasteiger partial charge in [-0.3, -0.25) is 9.00 Å². The molecule has 19 heavy (non-hydrogen) atoms. The van der Waals surface area contributed by atoms with Crippen LogP contribution in [0.15, 0.2) is 24.3 Å². The van der Waals surface area contributed by atoms with E-state index in [9.17, 15) is 18.4 Å². The molecule has 0 spiro atoms. The Labute approximate surface area is 112 Å². The third kappa shape index (κ3) is 2.82. The highest BCUT2D eigenvalue weighted by atomic mass is 32.2. The van der Waals surface area contributed by atoms with Gasteiger partial charge in [0.1, 0.15) is 4.75 Å². The number of nitrogens with one attached hydrogen (secondary N) is 1. The van der Waals surface area contributed by atoms with Gasteiger partial charge in [0.05, 0.1) is 5.56 Å². The molecule has 0 radical (unpaired) electrons. The Morgan fingerprint density at radius 3 is 2.63 bits per heavy atom. The molecule has 1 aliphatic rings. The summed E-state index contributed by atoms with van der Waals surface area (Å²) in [6.45, 7) is 0.110. The summed E-state index contributed by atoms with van der Waals surface area (Å²) in [6, 6.07) is 6.13. The second-order valence-corrected chi connectivity index (χ2v) is 5.67. The van der Waals surface area contributed by atoms with Crippen molar-refractivity contribution in [2.45, 2.75) is 24.1 Å². The van der Waals surface area contributed by atoms with Crippen LogP contribution in [-0.4, -0.2) is 30.5 Å². The second kappa shape index (κ2) is 5.10. The Bertz CT molecular complexity index is 553. The van der Waals surface area contributed by atoms with Crippen molar-refractivity contribution >= 4 is 23.0 Å². The van der Waals surface area contributed by atoms with Crippen molar-refractivity contribution < 1.29 is 23.5 Å². The largest absolute Gasteiger partial charge is 0.772 e. The van der Waals surface area contributed by atoms with Crippen molar-refractivity contribution in [3.05, 3.63) is 35.4 Å². The zero-order valence-electron chi connectivity index (χ0n) is 9.92. The minimum absolute atomic E-state index is 0.110. The maximum Gasteiger partial charge on any atom is 0.335 e. The van der Waals surface area contributed by atoms with Crippen LogP contribution in [0, 0.1) is 0 Å². The number of rotatable bonds is 5. The first-order valence-corrected chi connectivity index (χ1v) is 6.73. The van der Waals surface area contributed by atoms with Gasteiger partial charge in [0.15, 0.2) is 0 Å². The molecule has 1 amide bonds. The highest BCUT2D eigenvalue weighted by Gasteiger charge is 2.51. The summed E-state index contributed by atoms with van der Waals surface area (Å²) in [5, 5.41) is 11.4. The maximum atomic E-state index is 11.7. The quantitative estimate of drug-likeness (QED) is 0.761. The fourth-order valence-electron chi connectivity index (χ4n) is 1.74. The van der Waals surface area contributed by atoms with Gasteiger partial charge in [-0.05, 0) is 41.6 Å². The molecule has 0 heterocycles. The Morgan fingerprint density at radius 2 is 2.11 bits per heavy atom. The predicted octanol–water partition coefficient (Wildman–Crippen LogP) is 0.413. The SMILES string of the molecule is O=C(O)c1cccc(CNC(=O)C2(S(=O)[O-])CC2)c1. The van der Waals surface area contributed by atoms with E-state index >= 15 is 0 Å². The number of carbonyl (C=O) groups is 2. The van der Waals surface area contributed by atoms with E-state index in [1.54, 1.807) is 12.1 Å². The molecule has 0 bridgehead atoms. The summed E-state index contributed by atoms with van der Waals surface area (Å²) in [6.07, 6.45) is 0.675. The predicted molar refractivity (Wildman–Crippen MR) is 66.1 cm³/mol. The van der Waals surface area contributed by atoms with E-state index < -0.39 is 27.7 Å². The van der Waals surface area contributed by atoms with Crippen molar-refractivity contribution in [3.63, 3.8) is 0 Å². The van der Waals surface area contributed by atoms with Crippen LogP contribution in [0.25, 0.3) is 0 Å². The Hall–Kier alpha value is -1.73. The number of carboxylic acid groups (broad SMARTS) is 1. The monoisotopic (exact) mass is 282 g/mol. The molecule has 6 nitrogen and oxygen atoms in total. The third-order valence-electron chi connectivity index (χ3n) is 3.06. The van der Waals surface area contributed by atoms with E-state index in [1.165, 1.54) is 12.1 Å². The van der Waals surface area contributed by atoms with Crippen LogP contribution >= 0.6 is 0 Å². The average molecular weight is 282 g/mol. The number of carboxylic acids is 1. The van der Waals surface area contributed by atoms with E-state index in [4.69, 9.17) is 5.11 Å². The Kier molecular flexibility index (Phi) is 3.68. The zero-order chi connectivity index (χ0) is 14.0. The molecule has 7 heteroatoms. The van der Waals surface area contributed by atoms with E-state index in [1.807, 2.05) is 0 Å². The first kappa shape index (κ1) is 13.7. The summed E-state index contributed by atoms with van der Waals surface area (Å²) in [5.74, 6) is -1.57. The number of hydrogen-bond donors (Lipinski definition) is 2. The van der Waals surface area contributed by atoms with Crippen molar-refractivity contribution in [2.75, 3.05) is 0 Å². The molecule has 0 aromatic heterocycles.